The lowest BCUT2D eigenvalue weighted by atomic mass is 9.80. The van der Waals surface area contributed by atoms with Gasteiger partial charge in [-0.05, 0) is 143 Å². The molecule has 0 spiro atoms. The Balaban J connectivity index is 1.09. The summed E-state index contributed by atoms with van der Waals surface area (Å²) in [5.41, 5.74) is 16.9. The Labute approximate surface area is 459 Å². The molecule has 3 aromatic heterocycles. The quantitative estimate of drug-likeness (QED) is 0.123. The van der Waals surface area contributed by atoms with Gasteiger partial charge in [0.05, 0.1) is 40.3 Å². The van der Waals surface area contributed by atoms with Gasteiger partial charge in [-0.15, -0.1) is 0 Å². The number of aromatic nitrogens is 4. The molecule has 0 radical (unpaired) electrons. The van der Waals surface area contributed by atoms with E-state index in [0.717, 1.165) is 89.0 Å². The van der Waals surface area contributed by atoms with Crippen molar-refractivity contribution in [3.63, 3.8) is 0 Å². The molecule has 0 fully saturated rings. The van der Waals surface area contributed by atoms with Crippen LogP contribution in [0.2, 0.25) is 0 Å². The van der Waals surface area contributed by atoms with Crippen LogP contribution in [0.1, 0.15) is 85.9 Å². The monoisotopic (exact) mass is 1000 g/mol. The zero-order valence-electron chi connectivity index (χ0n) is 50.0. The maximum absolute atomic E-state index is 9.34. The average molecular weight is 1000 g/mol. The minimum absolute atomic E-state index is 0.0623. The van der Waals surface area contributed by atoms with E-state index in [-0.39, 0.29) is 33.9 Å². The highest BCUT2D eigenvalue weighted by atomic mass is 16.5. The van der Waals surface area contributed by atoms with E-state index in [1.54, 1.807) is 0 Å². The summed E-state index contributed by atoms with van der Waals surface area (Å²) in [6.45, 7) is 20.1. The van der Waals surface area contributed by atoms with Crippen molar-refractivity contribution in [2.24, 2.45) is 0 Å². The van der Waals surface area contributed by atoms with Crippen LogP contribution in [-0.2, 0) is 16.2 Å². The van der Waals surface area contributed by atoms with Crippen molar-refractivity contribution in [3.05, 3.63) is 235 Å². The maximum Gasteiger partial charge on any atom is 0.269 e. The fourth-order valence-electron chi connectivity index (χ4n) is 11.2. The lowest BCUT2D eigenvalue weighted by Gasteiger charge is -2.26. The smallest absolute Gasteiger partial charge is 0.269 e. The molecule has 12 aromatic rings. The minimum atomic E-state index is -0.444. The Morgan fingerprint density at radius 2 is 1.08 bits per heavy atom. The molecule has 0 amide bonds. The van der Waals surface area contributed by atoms with E-state index in [1.807, 2.05) is 59.3 Å². The molecule has 0 N–H and O–H groups in total. The van der Waals surface area contributed by atoms with Crippen molar-refractivity contribution in [1.29, 1.82) is 0 Å². The molecule has 0 saturated heterocycles. The summed E-state index contributed by atoms with van der Waals surface area (Å²) in [5.74, 6) is 2.06. The lowest BCUT2D eigenvalue weighted by Crippen LogP contribution is -2.32. The molecule has 0 atom stereocenters. The van der Waals surface area contributed by atoms with Crippen molar-refractivity contribution >= 4 is 32.8 Å². The Kier molecular flexibility index (Phi) is 9.87. The summed E-state index contributed by atoms with van der Waals surface area (Å²) in [6, 6.07) is 59.7. The highest BCUT2D eigenvalue weighted by molar-refractivity contribution is 6.09. The normalized spacial score (nSPS) is 13.4. The van der Waals surface area contributed by atoms with Crippen LogP contribution in [0, 0.1) is 6.33 Å². The summed E-state index contributed by atoms with van der Waals surface area (Å²) < 4.78 is 58.4. The Bertz CT molecular complexity index is 4580. The first-order chi connectivity index (χ1) is 39.1. The molecule has 1 aliphatic heterocycles. The van der Waals surface area contributed by atoms with Crippen molar-refractivity contribution in [1.82, 2.24) is 14.1 Å². The van der Waals surface area contributed by atoms with Gasteiger partial charge in [0, 0.05) is 23.0 Å². The number of nitrogens with zero attached hydrogens (tertiary/aromatic N) is 4. The number of para-hydroxylation sites is 1. The summed E-state index contributed by atoms with van der Waals surface area (Å²) in [4.78, 5) is 4.92. The van der Waals surface area contributed by atoms with Gasteiger partial charge >= 0.3 is 0 Å². The van der Waals surface area contributed by atoms with Gasteiger partial charge in [0.15, 0.2) is 0 Å². The number of benzene rings is 9. The summed E-state index contributed by atoms with van der Waals surface area (Å²) in [6.07, 6.45) is 5.83. The Morgan fingerprint density at radius 3 is 1.78 bits per heavy atom. The fraction of sp³-hybridized carbons (Fsp3) is 0.167. The summed E-state index contributed by atoms with van der Waals surface area (Å²) >= 11 is 0. The molecule has 0 aliphatic carbocycles. The second kappa shape index (κ2) is 17.9. The first kappa shape index (κ1) is 42.4. The van der Waals surface area contributed by atoms with Crippen LogP contribution in [-0.4, -0.2) is 14.1 Å². The van der Waals surface area contributed by atoms with Crippen LogP contribution in [0.3, 0.4) is 0 Å². The summed E-state index contributed by atoms with van der Waals surface area (Å²) in [5, 5.41) is 2.20. The minimum Gasteiger partial charge on any atom is -0.458 e. The number of ether oxygens (including phenoxy) is 1. The lowest BCUT2D eigenvalue weighted by molar-refractivity contribution is -0.570. The van der Waals surface area contributed by atoms with E-state index >= 15 is 0 Å². The zero-order chi connectivity index (χ0) is 57.3. The standard InChI is InChI=1S/C72H62N4O/c1-70(2,3)49-32-30-47(31-33-49)61-40-51(72(7,8)9)41-63-58-27-16-14-25-56(58)55-24-13-15-26-57(55)62-38-48(46-20-11-10-12-21-46)39-66-69(62)75(68(61)63)45-74(66)52-22-19-23-53(43-52)77-54-34-35-60-59-28-17-18-29-64(59)76(65(60)44-54)67-42-50(36-37-73-67)71(4,5)6/h10-44H,1-9H3/i10D,11D,12D,20D,21D. The van der Waals surface area contributed by atoms with Gasteiger partial charge in [-0.25, -0.2) is 4.98 Å². The van der Waals surface area contributed by atoms with E-state index in [9.17, 15) is 2.74 Å². The molecular weight excluding hydrogens is 937 g/mol. The van der Waals surface area contributed by atoms with Crippen LogP contribution in [0.25, 0.3) is 106 Å². The summed E-state index contributed by atoms with van der Waals surface area (Å²) in [7, 11) is 0. The van der Waals surface area contributed by atoms with Crippen LogP contribution in [0.5, 0.6) is 11.5 Å². The van der Waals surface area contributed by atoms with Crippen molar-refractivity contribution in [2.75, 3.05) is 0 Å². The first-order valence-electron chi connectivity index (χ1n) is 29.0. The molecule has 0 unspecified atom stereocenters. The van der Waals surface area contributed by atoms with Gasteiger partial charge in [0.25, 0.3) is 6.33 Å². The molecule has 0 bridgehead atoms. The second-order valence-electron chi connectivity index (χ2n) is 23.5. The van der Waals surface area contributed by atoms with Crippen LogP contribution in [0.15, 0.2) is 212 Å². The Hall–Kier alpha value is -8.80. The van der Waals surface area contributed by atoms with Gasteiger partial charge in [-0.3, -0.25) is 13.7 Å². The Morgan fingerprint density at radius 1 is 0.455 bits per heavy atom. The van der Waals surface area contributed by atoms with Crippen LogP contribution in [0.4, 0.5) is 0 Å². The van der Waals surface area contributed by atoms with E-state index in [0.29, 0.717) is 22.6 Å². The first-order valence-corrected chi connectivity index (χ1v) is 26.5. The van der Waals surface area contributed by atoms with E-state index in [2.05, 4.69) is 205 Å². The van der Waals surface area contributed by atoms with E-state index in [4.69, 9.17) is 13.8 Å². The highest BCUT2D eigenvalue weighted by Gasteiger charge is 2.30. The largest absolute Gasteiger partial charge is 0.458 e. The fourth-order valence-corrected chi connectivity index (χ4v) is 11.2. The van der Waals surface area contributed by atoms with Gasteiger partial charge in [0.2, 0.25) is 0 Å². The topological polar surface area (TPSA) is 35.9 Å². The third-order valence-corrected chi connectivity index (χ3v) is 15.3. The second-order valence-corrected chi connectivity index (χ2v) is 23.5. The molecule has 9 aromatic carbocycles. The van der Waals surface area contributed by atoms with E-state index < -0.39 is 18.1 Å². The predicted molar refractivity (Wildman–Crippen MR) is 319 cm³/mol. The number of rotatable bonds is 6. The predicted octanol–water partition coefficient (Wildman–Crippen LogP) is 18.5. The van der Waals surface area contributed by atoms with Crippen LogP contribution < -0.4 is 9.30 Å². The van der Waals surface area contributed by atoms with Crippen molar-refractivity contribution in [2.45, 2.75) is 78.6 Å². The number of pyridine rings is 1. The average Bonchev–Trinajstić information content (AvgIpc) is 4.17. The third kappa shape index (κ3) is 8.33. The zero-order valence-corrected chi connectivity index (χ0v) is 45.0. The number of fused-ring (bicyclic) bond motifs is 10. The molecule has 1 aliphatic rings. The molecule has 4 heterocycles. The third-order valence-electron chi connectivity index (χ3n) is 15.3. The maximum atomic E-state index is 9.34. The van der Waals surface area contributed by atoms with Crippen molar-refractivity contribution in [3.8, 4) is 84.3 Å². The molecular formula is C72H62N4O. The SMILES string of the molecule is [2H]c1c([2H])c([2H])c(-c2cc3c4c(c2)n(-c2cccc(Oc5ccc6c7ccccc7n(-c7cc(C(C)(C)C)ccn7)c6c5)c2)[c-][n+]4-c2c(-c4ccc(C(C)(C)C)cc4)cc(C(C)(C)C)cc2-c2ccccc2-c2ccccc2-3)c([2H])c1[2H]. The van der Waals surface area contributed by atoms with Gasteiger partial charge in [-0.1, -0.05) is 208 Å². The molecule has 376 valence electrons. The van der Waals surface area contributed by atoms with Gasteiger partial charge < -0.3 is 4.74 Å². The molecule has 5 nitrogen and oxygen atoms in total. The molecule has 13 rings (SSSR count). The number of imidazole rings is 1. The highest BCUT2D eigenvalue weighted by Crippen LogP contribution is 2.48. The van der Waals surface area contributed by atoms with E-state index in [1.165, 1.54) is 16.7 Å². The number of hydrogen-bond acceptors (Lipinski definition) is 2. The number of hydrogen-bond donors (Lipinski definition) is 0. The van der Waals surface area contributed by atoms with Crippen molar-refractivity contribution < 1.29 is 16.2 Å². The van der Waals surface area contributed by atoms with Gasteiger partial charge in [0.1, 0.15) is 17.3 Å². The van der Waals surface area contributed by atoms with Gasteiger partial charge in [-0.2, -0.15) is 0 Å². The molecule has 77 heavy (non-hydrogen) atoms. The molecule has 0 saturated carbocycles. The van der Waals surface area contributed by atoms with Crippen LogP contribution >= 0.6 is 0 Å². The molecule has 5 heteroatoms.